The molecule has 1 aromatic heterocycles. The third-order valence-corrected chi connectivity index (χ3v) is 2.84. The predicted octanol–water partition coefficient (Wildman–Crippen LogP) is 1.54. The number of benzene rings is 1. The van der Waals surface area contributed by atoms with Crippen molar-refractivity contribution in [3.05, 3.63) is 41.3 Å². The van der Waals surface area contributed by atoms with Crippen LogP contribution in [0.5, 0.6) is 0 Å². The van der Waals surface area contributed by atoms with Gasteiger partial charge in [0.1, 0.15) is 11.6 Å². The second-order valence-corrected chi connectivity index (χ2v) is 4.07. The van der Waals surface area contributed by atoms with E-state index < -0.39 is 0 Å². The first-order valence-corrected chi connectivity index (χ1v) is 5.61. The molecule has 92 valence electrons. The summed E-state index contributed by atoms with van der Waals surface area (Å²) in [6.45, 7) is 1.34. The van der Waals surface area contributed by atoms with Gasteiger partial charge >= 0.3 is 0 Å². The zero-order chi connectivity index (χ0) is 12.5. The highest BCUT2D eigenvalue weighted by Gasteiger charge is 2.17. The van der Waals surface area contributed by atoms with Gasteiger partial charge in [0.2, 0.25) is 5.95 Å². The maximum Gasteiger partial charge on any atom is 0.229 e. The van der Waals surface area contributed by atoms with Crippen LogP contribution in [0.15, 0.2) is 24.3 Å². The van der Waals surface area contributed by atoms with Crippen LogP contribution in [0.1, 0.15) is 11.3 Å². The molecule has 2 aromatic rings. The van der Waals surface area contributed by atoms with E-state index >= 15 is 0 Å². The third kappa shape index (κ3) is 1.86. The standard InChI is InChI=1S/C12H12FN5/c13-8-3-1-2-4-9(8)16-12-17-10-6-15-5-7(10)11(14)18-12/h1-4,15H,5-6H2,(H3,14,16,17,18). The maximum absolute atomic E-state index is 13.5. The van der Waals surface area contributed by atoms with Gasteiger partial charge in [0.15, 0.2) is 0 Å². The predicted molar refractivity (Wildman–Crippen MR) is 66.7 cm³/mol. The molecule has 5 nitrogen and oxygen atoms in total. The molecule has 0 saturated heterocycles. The van der Waals surface area contributed by atoms with Crippen LogP contribution >= 0.6 is 0 Å². The minimum atomic E-state index is -0.349. The molecule has 0 saturated carbocycles. The number of anilines is 3. The number of nitrogens with one attached hydrogen (secondary N) is 2. The van der Waals surface area contributed by atoms with Crippen molar-refractivity contribution in [3.63, 3.8) is 0 Å². The fourth-order valence-electron chi connectivity index (χ4n) is 1.93. The average molecular weight is 245 g/mol. The molecule has 0 atom stereocenters. The molecule has 6 heteroatoms. The normalized spacial score (nSPS) is 13.4. The van der Waals surface area contributed by atoms with Gasteiger partial charge in [0.05, 0.1) is 11.4 Å². The highest BCUT2D eigenvalue weighted by Crippen LogP contribution is 2.23. The summed E-state index contributed by atoms with van der Waals surface area (Å²) in [4.78, 5) is 8.45. The summed E-state index contributed by atoms with van der Waals surface area (Å²) in [5, 5.41) is 5.98. The van der Waals surface area contributed by atoms with Crippen molar-refractivity contribution < 1.29 is 4.39 Å². The number of nitrogens with two attached hydrogens (primary N) is 1. The van der Waals surface area contributed by atoms with Crippen molar-refractivity contribution in [2.24, 2.45) is 0 Å². The Hall–Kier alpha value is -2.21. The van der Waals surface area contributed by atoms with Crippen molar-refractivity contribution in [1.82, 2.24) is 15.3 Å². The van der Waals surface area contributed by atoms with Crippen molar-refractivity contribution >= 4 is 17.5 Å². The highest BCUT2D eigenvalue weighted by atomic mass is 19.1. The Morgan fingerprint density at radius 1 is 1.22 bits per heavy atom. The molecule has 0 radical (unpaired) electrons. The van der Waals surface area contributed by atoms with Crippen LogP contribution in [-0.2, 0) is 13.1 Å². The molecule has 18 heavy (non-hydrogen) atoms. The second kappa shape index (κ2) is 4.23. The van der Waals surface area contributed by atoms with E-state index in [2.05, 4.69) is 20.6 Å². The monoisotopic (exact) mass is 245 g/mol. The van der Waals surface area contributed by atoms with Crippen LogP contribution < -0.4 is 16.4 Å². The third-order valence-electron chi connectivity index (χ3n) is 2.84. The molecule has 0 bridgehead atoms. The molecule has 0 unspecified atom stereocenters. The molecule has 1 aromatic carbocycles. The first-order valence-electron chi connectivity index (χ1n) is 5.61. The van der Waals surface area contributed by atoms with Crippen molar-refractivity contribution in [2.75, 3.05) is 11.1 Å². The Kier molecular flexibility index (Phi) is 2.56. The summed E-state index contributed by atoms with van der Waals surface area (Å²) in [5.41, 5.74) is 7.96. The number of para-hydroxylation sites is 1. The molecular weight excluding hydrogens is 233 g/mol. The van der Waals surface area contributed by atoms with Gasteiger partial charge in [-0.1, -0.05) is 12.1 Å². The summed E-state index contributed by atoms with van der Waals surface area (Å²) in [6.07, 6.45) is 0. The van der Waals surface area contributed by atoms with Crippen molar-refractivity contribution in [2.45, 2.75) is 13.1 Å². The summed E-state index contributed by atoms with van der Waals surface area (Å²) < 4.78 is 13.5. The smallest absolute Gasteiger partial charge is 0.229 e. The van der Waals surface area contributed by atoms with Gasteiger partial charge in [-0.15, -0.1) is 0 Å². The van der Waals surface area contributed by atoms with Gasteiger partial charge < -0.3 is 16.4 Å². The minimum absolute atomic E-state index is 0.319. The Morgan fingerprint density at radius 3 is 2.89 bits per heavy atom. The van der Waals surface area contributed by atoms with E-state index in [1.165, 1.54) is 6.07 Å². The van der Waals surface area contributed by atoms with E-state index in [0.717, 1.165) is 11.3 Å². The molecule has 0 amide bonds. The van der Waals surface area contributed by atoms with Crippen LogP contribution in [0.25, 0.3) is 0 Å². The minimum Gasteiger partial charge on any atom is -0.383 e. The quantitative estimate of drug-likeness (QED) is 0.748. The lowest BCUT2D eigenvalue weighted by molar-refractivity contribution is 0.631. The van der Waals surface area contributed by atoms with Gasteiger partial charge in [-0.2, -0.15) is 4.98 Å². The second-order valence-electron chi connectivity index (χ2n) is 4.07. The molecule has 3 rings (SSSR count). The van der Waals surface area contributed by atoms with E-state index in [-0.39, 0.29) is 5.82 Å². The molecule has 4 N–H and O–H groups in total. The number of aromatic nitrogens is 2. The summed E-state index contributed by atoms with van der Waals surface area (Å²) in [7, 11) is 0. The number of rotatable bonds is 2. The van der Waals surface area contributed by atoms with Gasteiger partial charge in [-0.25, -0.2) is 9.37 Å². The van der Waals surface area contributed by atoms with E-state index in [1.54, 1.807) is 18.2 Å². The van der Waals surface area contributed by atoms with E-state index in [1.807, 2.05) is 0 Å². The summed E-state index contributed by atoms with van der Waals surface area (Å²) >= 11 is 0. The molecular formula is C12H12FN5. The number of halogens is 1. The zero-order valence-corrected chi connectivity index (χ0v) is 9.57. The number of nitrogen functional groups attached to an aromatic ring is 1. The van der Waals surface area contributed by atoms with Gasteiger partial charge in [0, 0.05) is 18.7 Å². The Balaban J connectivity index is 1.95. The lowest BCUT2D eigenvalue weighted by atomic mass is 10.2. The largest absolute Gasteiger partial charge is 0.383 e. The van der Waals surface area contributed by atoms with Crippen molar-refractivity contribution in [3.8, 4) is 0 Å². The maximum atomic E-state index is 13.5. The van der Waals surface area contributed by atoms with Crippen LogP contribution in [-0.4, -0.2) is 9.97 Å². The Labute approximate surface area is 103 Å². The fourth-order valence-corrected chi connectivity index (χ4v) is 1.93. The first-order chi connectivity index (χ1) is 8.74. The van der Waals surface area contributed by atoms with E-state index in [0.29, 0.717) is 30.5 Å². The fraction of sp³-hybridized carbons (Fsp3) is 0.167. The van der Waals surface area contributed by atoms with E-state index in [4.69, 9.17) is 5.73 Å². The topological polar surface area (TPSA) is 75.9 Å². The molecule has 1 aliphatic heterocycles. The molecule has 0 aliphatic carbocycles. The van der Waals surface area contributed by atoms with Crippen LogP contribution in [0.3, 0.4) is 0 Å². The van der Waals surface area contributed by atoms with Gasteiger partial charge in [0.25, 0.3) is 0 Å². The van der Waals surface area contributed by atoms with Crippen LogP contribution in [0.2, 0.25) is 0 Å². The zero-order valence-electron chi connectivity index (χ0n) is 9.57. The van der Waals surface area contributed by atoms with Gasteiger partial charge in [-0.05, 0) is 12.1 Å². The summed E-state index contributed by atoms with van der Waals surface area (Å²) in [5.74, 6) is 0.405. The number of nitrogens with zero attached hydrogens (tertiary/aromatic N) is 2. The lowest BCUT2D eigenvalue weighted by Crippen LogP contribution is -2.06. The van der Waals surface area contributed by atoms with Crippen LogP contribution in [0.4, 0.5) is 21.8 Å². The number of fused-ring (bicyclic) bond motifs is 1. The molecule has 2 heterocycles. The van der Waals surface area contributed by atoms with Crippen molar-refractivity contribution in [1.29, 1.82) is 0 Å². The Bertz CT molecular complexity index is 599. The lowest BCUT2D eigenvalue weighted by Gasteiger charge is -2.08. The molecule has 0 fully saturated rings. The first kappa shape index (κ1) is 10.9. The average Bonchev–Trinajstić information content (AvgIpc) is 2.81. The molecule has 1 aliphatic rings. The highest BCUT2D eigenvalue weighted by molar-refractivity contribution is 5.57. The number of hydrogen-bond donors (Lipinski definition) is 3. The van der Waals surface area contributed by atoms with Gasteiger partial charge in [-0.3, -0.25) is 0 Å². The van der Waals surface area contributed by atoms with E-state index in [9.17, 15) is 4.39 Å². The van der Waals surface area contributed by atoms with Crippen LogP contribution in [0, 0.1) is 5.82 Å². The Morgan fingerprint density at radius 2 is 2.06 bits per heavy atom. The molecule has 0 spiro atoms. The number of hydrogen-bond acceptors (Lipinski definition) is 5. The SMILES string of the molecule is Nc1nc(Nc2ccccc2F)nc2c1CNC2. The summed E-state index contributed by atoms with van der Waals surface area (Å²) in [6, 6.07) is 6.37.